The Kier molecular flexibility index (Phi) is 9.96. The van der Waals surface area contributed by atoms with E-state index in [4.69, 9.17) is 23.7 Å². The van der Waals surface area contributed by atoms with Gasteiger partial charge in [0.25, 0.3) is 5.60 Å². The first kappa shape index (κ1) is 29.5. The summed E-state index contributed by atoms with van der Waals surface area (Å²) in [4.78, 5) is 25.1. The van der Waals surface area contributed by atoms with Gasteiger partial charge in [0.2, 0.25) is 0 Å². The van der Waals surface area contributed by atoms with Gasteiger partial charge in [-0.25, -0.2) is 9.59 Å². The van der Waals surface area contributed by atoms with Crippen molar-refractivity contribution in [1.29, 1.82) is 0 Å². The number of carbonyl (C=O) groups excluding carboxylic acids is 2. The molecule has 11 heteroatoms. The van der Waals surface area contributed by atoms with Gasteiger partial charge in [-0.05, 0) is 6.92 Å². The maximum Gasteiger partial charge on any atom is 0.432 e. The molecule has 0 spiro atoms. The minimum atomic E-state index is -5.16. The zero-order valence-corrected chi connectivity index (χ0v) is 21.3. The number of halogens is 3. The first-order valence-corrected chi connectivity index (χ1v) is 10.9. The smallest absolute Gasteiger partial charge is 0.432 e. The Labute approximate surface area is 212 Å². The van der Waals surface area contributed by atoms with Gasteiger partial charge in [0.15, 0.2) is 0 Å². The van der Waals surface area contributed by atoms with Crippen molar-refractivity contribution in [3.05, 3.63) is 65.7 Å². The van der Waals surface area contributed by atoms with Crippen LogP contribution in [-0.4, -0.2) is 59.8 Å². The van der Waals surface area contributed by atoms with E-state index >= 15 is 0 Å². The van der Waals surface area contributed by atoms with Gasteiger partial charge in [-0.15, -0.1) is 0 Å². The lowest BCUT2D eigenvalue weighted by Gasteiger charge is -2.34. The molecule has 0 heterocycles. The second kappa shape index (κ2) is 12.5. The van der Waals surface area contributed by atoms with Crippen LogP contribution in [0.15, 0.2) is 54.6 Å². The van der Waals surface area contributed by atoms with Crippen LogP contribution in [0, 0.1) is 0 Å². The van der Waals surface area contributed by atoms with Gasteiger partial charge in [-0.2, -0.15) is 13.2 Å². The minimum Gasteiger partial charge on any atom is -0.496 e. The fourth-order valence-electron chi connectivity index (χ4n) is 3.81. The molecule has 202 valence electrons. The summed E-state index contributed by atoms with van der Waals surface area (Å²) < 4.78 is 74.1. The quantitative estimate of drug-likeness (QED) is 0.311. The third-order valence-corrected chi connectivity index (χ3v) is 5.70. The maximum absolute atomic E-state index is 14.4. The number of ether oxygens (including phenoxy) is 6. The van der Waals surface area contributed by atoms with E-state index in [0.29, 0.717) is 11.3 Å². The van der Waals surface area contributed by atoms with E-state index in [9.17, 15) is 22.8 Å². The van der Waals surface area contributed by atoms with Crippen molar-refractivity contribution in [2.75, 3.05) is 35.5 Å². The third kappa shape index (κ3) is 6.16. The number of hydrogen-bond acceptors (Lipinski definition) is 8. The topological polar surface area (TPSA) is 89.5 Å². The summed E-state index contributed by atoms with van der Waals surface area (Å²) in [5.74, 6) is -2.63. The number of rotatable bonds is 11. The highest BCUT2D eigenvalue weighted by Gasteiger charge is 2.64. The monoisotopic (exact) mass is 526 g/mol. The Morgan fingerprint density at radius 2 is 1.46 bits per heavy atom. The summed E-state index contributed by atoms with van der Waals surface area (Å²) >= 11 is 0. The lowest BCUT2D eigenvalue weighted by atomic mass is 9.90. The highest BCUT2D eigenvalue weighted by Crippen LogP contribution is 2.45. The van der Waals surface area contributed by atoms with Crippen molar-refractivity contribution in [2.24, 2.45) is 0 Å². The fourth-order valence-corrected chi connectivity index (χ4v) is 3.81. The summed E-state index contributed by atoms with van der Waals surface area (Å²) in [5.41, 5.74) is -3.56. The van der Waals surface area contributed by atoms with E-state index < -0.39 is 41.3 Å². The lowest BCUT2D eigenvalue weighted by molar-refractivity contribution is -0.278. The molecule has 0 aromatic heterocycles. The largest absolute Gasteiger partial charge is 0.496 e. The van der Waals surface area contributed by atoms with Crippen LogP contribution in [0.5, 0.6) is 17.2 Å². The number of esters is 2. The van der Waals surface area contributed by atoms with Crippen molar-refractivity contribution >= 4 is 11.9 Å². The molecule has 0 fully saturated rings. The first-order valence-electron chi connectivity index (χ1n) is 10.9. The molecule has 2 rings (SSSR count). The number of alkyl halides is 3. The van der Waals surface area contributed by atoms with Gasteiger partial charge in [-0.1, -0.05) is 36.4 Å². The average molecular weight is 527 g/mol. The van der Waals surface area contributed by atoms with Gasteiger partial charge in [0, 0.05) is 42.4 Å². The van der Waals surface area contributed by atoms with E-state index in [2.05, 4.69) is 4.74 Å². The minimum absolute atomic E-state index is 0.218. The molecule has 0 saturated heterocycles. The molecule has 0 aliphatic rings. The van der Waals surface area contributed by atoms with Crippen LogP contribution in [0.3, 0.4) is 0 Å². The van der Waals surface area contributed by atoms with Crippen molar-refractivity contribution < 1.29 is 51.2 Å². The standard InChI is InChI=1S/C26H29F3O8/c1-16(37-24(31)25(36-6,26(27,28)29)17-10-8-7-9-11-17)19(12-13-22(30)35-5)23-20(33-3)14-18(32-2)15-21(23)34-4/h7-16,19H,1-6H3/b13-12+/t16-,19+,25-/m1/s1. The molecule has 37 heavy (non-hydrogen) atoms. The van der Waals surface area contributed by atoms with Crippen molar-refractivity contribution in [2.45, 2.75) is 30.7 Å². The molecule has 0 amide bonds. The number of methoxy groups -OCH3 is 5. The second-order valence-electron chi connectivity index (χ2n) is 7.71. The average Bonchev–Trinajstić information content (AvgIpc) is 2.88. The molecule has 8 nitrogen and oxygen atoms in total. The molecule has 0 aliphatic heterocycles. The Morgan fingerprint density at radius 3 is 1.89 bits per heavy atom. The summed E-state index contributed by atoms with van der Waals surface area (Å²) in [6.45, 7) is 1.37. The number of hydrogen-bond donors (Lipinski definition) is 0. The van der Waals surface area contributed by atoms with Crippen LogP contribution >= 0.6 is 0 Å². The van der Waals surface area contributed by atoms with E-state index in [1.165, 1.54) is 64.7 Å². The molecule has 0 bridgehead atoms. The second-order valence-corrected chi connectivity index (χ2v) is 7.71. The van der Waals surface area contributed by atoms with Crippen LogP contribution in [0.4, 0.5) is 13.2 Å². The molecule has 2 aromatic rings. The fraction of sp³-hybridized carbons (Fsp3) is 0.385. The van der Waals surface area contributed by atoms with E-state index in [1.54, 1.807) is 0 Å². The van der Waals surface area contributed by atoms with Gasteiger partial charge < -0.3 is 28.4 Å². The number of benzene rings is 2. The predicted molar refractivity (Wildman–Crippen MR) is 127 cm³/mol. The third-order valence-electron chi connectivity index (χ3n) is 5.70. The Hall–Kier alpha value is -3.73. The normalized spacial score (nSPS) is 14.8. The Morgan fingerprint density at radius 1 is 0.892 bits per heavy atom. The molecule has 0 N–H and O–H groups in total. The summed E-state index contributed by atoms with van der Waals surface area (Å²) in [5, 5.41) is 0. The van der Waals surface area contributed by atoms with Crippen molar-refractivity contribution in [3.8, 4) is 17.2 Å². The van der Waals surface area contributed by atoms with Gasteiger partial charge in [0.05, 0.1) is 28.4 Å². The predicted octanol–water partition coefficient (Wildman–Crippen LogP) is 4.56. The summed E-state index contributed by atoms with van der Waals surface area (Å²) in [7, 11) is 6.10. The van der Waals surface area contributed by atoms with E-state index in [-0.39, 0.29) is 11.5 Å². The Bertz CT molecular complexity index is 1080. The Balaban J connectivity index is 2.64. The van der Waals surface area contributed by atoms with Crippen LogP contribution < -0.4 is 14.2 Å². The first-order chi connectivity index (χ1) is 17.5. The molecule has 0 saturated carbocycles. The summed E-state index contributed by atoms with van der Waals surface area (Å²) in [6, 6.07) is 9.47. The lowest BCUT2D eigenvalue weighted by Crippen LogP contribution is -2.52. The zero-order chi connectivity index (χ0) is 27.8. The molecular weight excluding hydrogens is 497 g/mol. The molecule has 0 radical (unpaired) electrons. The maximum atomic E-state index is 14.4. The van der Waals surface area contributed by atoms with Crippen molar-refractivity contribution in [1.82, 2.24) is 0 Å². The van der Waals surface area contributed by atoms with Crippen LogP contribution in [0.2, 0.25) is 0 Å². The van der Waals surface area contributed by atoms with Crippen LogP contribution in [0.1, 0.15) is 24.0 Å². The molecule has 0 aliphatic carbocycles. The molecule has 2 aromatic carbocycles. The summed E-state index contributed by atoms with van der Waals surface area (Å²) in [6.07, 6.45) is -4.05. The van der Waals surface area contributed by atoms with Gasteiger partial charge in [0.1, 0.15) is 23.4 Å². The highest BCUT2D eigenvalue weighted by atomic mass is 19.4. The van der Waals surface area contributed by atoms with Crippen LogP contribution in [-0.2, 0) is 29.4 Å². The van der Waals surface area contributed by atoms with Gasteiger partial charge >= 0.3 is 18.1 Å². The van der Waals surface area contributed by atoms with Gasteiger partial charge in [-0.3, -0.25) is 0 Å². The molecule has 3 atom stereocenters. The van der Waals surface area contributed by atoms with Crippen molar-refractivity contribution in [3.63, 3.8) is 0 Å². The molecular formula is C26H29F3O8. The SMILES string of the molecule is COC(=O)/C=C/[C@H](c1c(OC)cc(OC)cc1OC)[C@@H](C)OC(=O)[C@](OC)(c1ccccc1)C(F)(F)F. The molecule has 0 unspecified atom stereocenters. The van der Waals surface area contributed by atoms with E-state index in [0.717, 1.165) is 32.4 Å². The van der Waals surface area contributed by atoms with E-state index in [1.807, 2.05) is 0 Å². The zero-order valence-electron chi connectivity index (χ0n) is 21.3. The highest BCUT2D eigenvalue weighted by molar-refractivity contribution is 5.83. The number of carbonyl (C=O) groups is 2. The van der Waals surface area contributed by atoms with Crippen LogP contribution in [0.25, 0.3) is 0 Å².